The van der Waals surface area contributed by atoms with Gasteiger partial charge in [0, 0.05) is 25.1 Å². The first-order chi connectivity index (χ1) is 9.00. The number of hydrogen-bond acceptors (Lipinski definition) is 5. The van der Waals surface area contributed by atoms with Crippen molar-refractivity contribution in [2.75, 3.05) is 17.8 Å². The molecule has 8 heteroatoms. The van der Waals surface area contributed by atoms with Crippen LogP contribution in [-0.2, 0) is 24.5 Å². The van der Waals surface area contributed by atoms with Crippen LogP contribution in [0.1, 0.15) is 12.5 Å². The zero-order chi connectivity index (χ0) is 15.6. The van der Waals surface area contributed by atoms with E-state index in [0.29, 0.717) is 11.3 Å². The van der Waals surface area contributed by atoms with Crippen LogP contribution < -0.4 is 5.32 Å². The Balaban J connectivity index is 3.24. The molecule has 1 aromatic carbocycles. The summed E-state index contributed by atoms with van der Waals surface area (Å²) in [5.74, 6) is -0.235. The van der Waals surface area contributed by atoms with Crippen LogP contribution >= 0.6 is 0 Å². The third-order valence-electron chi connectivity index (χ3n) is 2.25. The van der Waals surface area contributed by atoms with E-state index in [1.54, 1.807) is 12.1 Å². The van der Waals surface area contributed by atoms with Gasteiger partial charge in [-0.25, -0.2) is 16.8 Å². The van der Waals surface area contributed by atoms with Gasteiger partial charge in [0.05, 0.1) is 0 Å². The van der Waals surface area contributed by atoms with Crippen LogP contribution in [0.25, 0.3) is 6.08 Å². The van der Waals surface area contributed by atoms with Gasteiger partial charge in [0.1, 0.15) is 0 Å². The van der Waals surface area contributed by atoms with E-state index < -0.39 is 23.9 Å². The maximum Gasteiger partial charge on any atom is 0.221 e. The number of carbonyl (C=O) groups is 1. The second kappa shape index (κ2) is 5.76. The van der Waals surface area contributed by atoms with Gasteiger partial charge in [-0.05, 0) is 23.8 Å². The molecule has 1 rings (SSSR count). The van der Waals surface area contributed by atoms with Crippen molar-refractivity contribution in [1.82, 2.24) is 0 Å². The zero-order valence-corrected chi connectivity index (χ0v) is 12.9. The monoisotopic (exact) mass is 317 g/mol. The summed E-state index contributed by atoms with van der Waals surface area (Å²) in [5, 5.41) is 2.55. The smallest absolute Gasteiger partial charge is 0.221 e. The van der Waals surface area contributed by atoms with Gasteiger partial charge in [0.15, 0.2) is 23.9 Å². The van der Waals surface area contributed by atoms with Gasteiger partial charge in [-0.15, -0.1) is 0 Å². The molecule has 0 aliphatic rings. The van der Waals surface area contributed by atoms with Crippen molar-refractivity contribution in [2.45, 2.75) is 6.92 Å². The molecule has 0 fully saturated rings. The fourth-order valence-electron chi connectivity index (χ4n) is 1.49. The van der Waals surface area contributed by atoms with Crippen molar-refractivity contribution in [2.24, 2.45) is 0 Å². The molecule has 0 heterocycles. The van der Waals surface area contributed by atoms with E-state index in [0.717, 1.165) is 18.6 Å². The Bertz CT molecular complexity index is 710. The summed E-state index contributed by atoms with van der Waals surface area (Å²) in [5.41, 5.74) is 0.944. The van der Waals surface area contributed by atoms with Crippen molar-refractivity contribution < 1.29 is 21.6 Å². The Morgan fingerprint density at radius 3 is 1.80 bits per heavy atom. The van der Waals surface area contributed by atoms with Gasteiger partial charge in [0.25, 0.3) is 0 Å². The maximum absolute atomic E-state index is 11.5. The third-order valence-corrected chi connectivity index (χ3v) is 5.76. The molecule has 0 radical (unpaired) electrons. The lowest BCUT2D eigenvalue weighted by Gasteiger charge is -2.04. The minimum atomic E-state index is -3.85. The normalized spacial score (nSPS) is 11.8. The van der Waals surface area contributed by atoms with Crippen LogP contribution in [0.3, 0.4) is 0 Å². The average Bonchev–Trinajstić information content (AvgIpc) is 2.24. The molecular weight excluding hydrogens is 302 g/mol. The van der Waals surface area contributed by atoms with Crippen LogP contribution in [0.2, 0.25) is 0 Å². The number of sulfone groups is 2. The Hall–Kier alpha value is -1.67. The minimum absolute atomic E-state index is 0.235. The van der Waals surface area contributed by atoms with Gasteiger partial charge in [0.2, 0.25) is 5.91 Å². The van der Waals surface area contributed by atoms with E-state index in [1.807, 2.05) is 0 Å². The summed E-state index contributed by atoms with van der Waals surface area (Å²) in [7, 11) is -7.69. The van der Waals surface area contributed by atoms with Crippen LogP contribution in [0, 0.1) is 0 Å². The Labute approximate surface area is 118 Å². The quantitative estimate of drug-likeness (QED) is 0.894. The van der Waals surface area contributed by atoms with Gasteiger partial charge in [-0.2, -0.15) is 0 Å². The molecule has 0 saturated heterocycles. The van der Waals surface area contributed by atoms with Gasteiger partial charge < -0.3 is 5.32 Å². The van der Waals surface area contributed by atoms with E-state index in [4.69, 9.17) is 0 Å². The summed E-state index contributed by atoms with van der Waals surface area (Å²) in [6.07, 6.45) is 2.76. The van der Waals surface area contributed by atoms with Crippen molar-refractivity contribution in [3.63, 3.8) is 0 Å². The number of nitrogens with one attached hydrogen (secondary N) is 1. The van der Waals surface area contributed by atoms with Crippen LogP contribution in [-0.4, -0.2) is 35.3 Å². The minimum Gasteiger partial charge on any atom is -0.326 e. The van der Waals surface area contributed by atoms with Gasteiger partial charge in [-0.1, -0.05) is 12.1 Å². The van der Waals surface area contributed by atoms with Crippen molar-refractivity contribution in [3.8, 4) is 0 Å². The standard InChI is InChI=1S/C12H15NO5S2/c1-9(14)13-11-6-4-10(5-7-11)8-12(19(2,15)16)20(3,17)18/h4-8H,1-3H3,(H,13,14). The van der Waals surface area contributed by atoms with Gasteiger partial charge >= 0.3 is 0 Å². The Kier molecular flexibility index (Phi) is 4.72. The molecule has 0 aliphatic carbocycles. The van der Waals surface area contributed by atoms with Crippen LogP contribution in [0.15, 0.2) is 28.5 Å². The molecule has 110 valence electrons. The molecule has 0 aliphatic heterocycles. The second-order valence-electron chi connectivity index (χ2n) is 4.31. The van der Waals surface area contributed by atoms with Crippen molar-refractivity contribution in [3.05, 3.63) is 34.1 Å². The van der Waals surface area contributed by atoms with E-state index in [-0.39, 0.29) is 5.91 Å². The first-order valence-electron chi connectivity index (χ1n) is 5.49. The number of anilines is 1. The first-order valence-corrected chi connectivity index (χ1v) is 9.28. The van der Waals surface area contributed by atoms with Crippen LogP contribution in [0.4, 0.5) is 5.69 Å². The molecule has 20 heavy (non-hydrogen) atoms. The SMILES string of the molecule is CC(=O)Nc1ccc(C=C(S(C)(=O)=O)S(C)(=O)=O)cc1. The van der Waals surface area contributed by atoms with Gasteiger partial charge in [-0.3, -0.25) is 4.79 Å². The largest absolute Gasteiger partial charge is 0.326 e. The third kappa shape index (κ3) is 4.78. The van der Waals surface area contributed by atoms with Crippen molar-refractivity contribution >= 4 is 37.3 Å². The predicted octanol–water partition coefficient (Wildman–Crippen LogP) is 1.03. The zero-order valence-electron chi connectivity index (χ0n) is 11.2. The number of amides is 1. The Morgan fingerprint density at radius 1 is 1.00 bits per heavy atom. The highest BCUT2D eigenvalue weighted by Crippen LogP contribution is 2.18. The lowest BCUT2D eigenvalue weighted by Crippen LogP contribution is -2.11. The highest BCUT2D eigenvalue weighted by molar-refractivity contribution is 8.14. The maximum atomic E-state index is 11.5. The van der Waals surface area contributed by atoms with E-state index >= 15 is 0 Å². The number of hydrogen-bond donors (Lipinski definition) is 1. The summed E-state index contributed by atoms with van der Waals surface area (Å²) < 4.78 is 45.3. The molecule has 1 aromatic rings. The molecule has 6 nitrogen and oxygen atoms in total. The highest BCUT2D eigenvalue weighted by Gasteiger charge is 2.22. The molecule has 0 unspecified atom stereocenters. The molecular formula is C12H15NO5S2. The Morgan fingerprint density at radius 2 is 1.45 bits per heavy atom. The fraction of sp³-hybridized carbons (Fsp3) is 0.250. The average molecular weight is 317 g/mol. The summed E-state index contributed by atoms with van der Waals surface area (Å²) in [4.78, 5) is 10.9. The summed E-state index contributed by atoms with van der Waals surface area (Å²) in [6, 6.07) is 6.13. The fourth-order valence-corrected chi connectivity index (χ4v) is 4.39. The molecule has 0 aromatic heterocycles. The van der Waals surface area contributed by atoms with Crippen molar-refractivity contribution in [1.29, 1.82) is 0 Å². The lowest BCUT2D eigenvalue weighted by atomic mass is 10.2. The second-order valence-corrected chi connectivity index (χ2v) is 8.54. The lowest BCUT2D eigenvalue weighted by molar-refractivity contribution is -0.114. The first kappa shape index (κ1) is 16.4. The molecule has 0 spiro atoms. The molecule has 0 atom stereocenters. The van der Waals surface area contributed by atoms with E-state index in [9.17, 15) is 21.6 Å². The topological polar surface area (TPSA) is 97.4 Å². The molecule has 1 N–H and O–H groups in total. The number of carbonyl (C=O) groups excluding carboxylic acids is 1. The summed E-state index contributed by atoms with van der Waals surface area (Å²) >= 11 is 0. The molecule has 1 amide bonds. The summed E-state index contributed by atoms with van der Waals surface area (Å²) in [6.45, 7) is 1.36. The number of benzene rings is 1. The van der Waals surface area contributed by atoms with E-state index in [1.165, 1.54) is 19.1 Å². The predicted molar refractivity (Wildman–Crippen MR) is 78.4 cm³/mol. The number of rotatable bonds is 4. The molecule has 0 bridgehead atoms. The highest BCUT2D eigenvalue weighted by atomic mass is 32.3. The molecule has 0 saturated carbocycles. The van der Waals surface area contributed by atoms with Crippen LogP contribution in [0.5, 0.6) is 0 Å². The van der Waals surface area contributed by atoms with E-state index in [2.05, 4.69) is 5.32 Å².